The predicted molar refractivity (Wildman–Crippen MR) is 123 cm³/mol. The molecule has 13 heteroatoms. The van der Waals surface area contributed by atoms with E-state index in [2.05, 4.69) is 5.32 Å². The summed E-state index contributed by atoms with van der Waals surface area (Å²) < 4.78 is 46.1. The summed E-state index contributed by atoms with van der Waals surface area (Å²) in [6, 6.07) is 2.11. The van der Waals surface area contributed by atoms with Crippen molar-refractivity contribution >= 4 is 35.3 Å². The van der Waals surface area contributed by atoms with Crippen molar-refractivity contribution < 1.29 is 42.2 Å². The van der Waals surface area contributed by atoms with E-state index >= 15 is 8.78 Å². The zero-order valence-corrected chi connectivity index (χ0v) is 20.2. The number of hydrogen-bond donors (Lipinski definition) is 2. The van der Waals surface area contributed by atoms with E-state index in [0.717, 1.165) is 17.0 Å². The van der Waals surface area contributed by atoms with Gasteiger partial charge in [0.05, 0.1) is 31.8 Å². The summed E-state index contributed by atoms with van der Waals surface area (Å²) in [6.07, 6.45) is -1.23. The standard InChI is InChI=1S/C23H30F2N4O7/c1-14(30)27-11-16-12-29(22(33)35-16)15-9-17(24)21(18(25)10-15)28-7-5-23(6-8-28,13-34-2)36-20(32)4-3-19(26)31/h9-10,16H,3-8,11-13H2,1-2H3,(H2,26,31)(H,27,30). The molecule has 2 saturated heterocycles. The molecule has 36 heavy (non-hydrogen) atoms. The van der Waals surface area contributed by atoms with Crippen molar-refractivity contribution in [2.75, 3.05) is 49.7 Å². The Morgan fingerprint density at radius 2 is 1.83 bits per heavy atom. The highest BCUT2D eigenvalue weighted by molar-refractivity contribution is 5.90. The van der Waals surface area contributed by atoms with E-state index in [1.165, 1.54) is 18.9 Å². The third kappa shape index (κ3) is 6.59. The first-order valence-corrected chi connectivity index (χ1v) is 11.5. The van der Waals surface area contributed by atoms with Crippen LogP contribution in [0.2, 0.25) is 0 Å². The predicted octanol–water partition coefficient (Wildman–Crippen LogP) is 1.22. The van der Waals surface area contributed by atoms with Crippen molar-refractivity contribution in [3.8, 4) is 0 Å². The maximum Gasteiger partial charge on any atom is 0.414 e. The van der Waals surface area contributed by atoms with Crippen LogP contribution >= 0.6 is 0 Å². The number of carbonyl (C=O) groups is 4. The Balaban J connectivity index is 1.68. The second kappa shape index (κ2) is 11.5. The Labute approximate surface area is 206 Å². The number of piperidine rings is 1. The number of methoxy groups -OCH3 is 1. The van der Waals surface area contributed by atoms with Gasteiger partial charge in [-0.1, -0.05) is 0 Å². The molecule has 3 amide bonds. The summed E-state index contributed by atoms with van der Waals surface area (Å²) in [4.78, 5) is 49.0. The van der Waals surface area contributed by atoms with Crippen LogP contribution in [0.1, 0.15) is 32.6 Å². The van der Waals surface area contributed by atoms with E-state index in [1.54, 1.807) is 0 Å². The molecule has 1 aromatic rings. The summed E-state index contributed by atoms with van der Waals surface area (Å²) in [5.41, 5.74) is 3.82. The Hall–Kier alpha value is -3.48. The maximum absolute atomic E-state index is 15.1. The highest BCUT2D eigenvalue weighted by atomic mass is 19.1. The second-order valence-corrected chi connectivity index (χ2v) is 8.85. The molecule has 11 nitrogen and oxygen atoms in total. The Bertz CT molecular complexity index is 991. The number of anilines is 2. The van der Waals surface area contributed by atoms with Crippen LogP contribution in [0.25, 0.3) is 0 Å². The number of rotatable bonds is 10. The van der Waals surface area contributed by atoms with E-state index in [9.17, 15) is 19.2 Å². The van der Waals surface area contributed by atoms with E-state index in [-0.39, 0.29) is 75.8 Å². The molecule has 2 fully saturated rings. The molecule has 2 aliphatic heterocycles. The maximum atomic E-state index is 15.1. The number of carbonyl (C=O) groups excluding carboxylic acids is 4. The van der Waals surface area contributed by atoms with E-state index < -0.39 is 41.3 Å². The van der Waals surface area contributed by atoms with Crippen molar-refractivity contribution in [2.24, 2.45) is 5.73 Å². The molecule has 0 radical (unpaired) electrons. The van der Waals surface area contributed by atoms with Crippen molar-refractivity contribution in [1.82, 2.24) is 5.32 Å². The average molecular weight is 513 g/mol. The van der Waals surface area contributed by atoms with Crippen LogP contribution in [0.15, 0.2) is 12.1 Å². The minimum atomic E-state index is -0.991. The van der Waals surface area contributed by atoms with Gasteiger partial charge in [-0.05, 0) is 0 Å². The minimum Gasteiger partial charge on any atom is -0.456 e. The molecule has 3 rings (SSSR count). The summed E-state index contributed by atoms with van der Waals surface area (Å²) in [5, 5.41) is 2.54. The van der Waals surface area contributed by atoms with E-state index in [0.29, 0.717) is 0 Å². The molecule has 0 bridgehead atoms. The number of benzene rings is 1. The molecule has 1 atom stereocenters. The van der Waals surface area contributed by atoms with Gasteiger partial charge >= 0.3 is 12.1 Å². The van der Waals surface area contributed by atoms with Gasteiger partial charge in [-0.3, -0.25) is 19.3 Å². The van der Waals surface area contributed by atoms with Crippen LogP contribution in [-0.4, -0.2) is 75.5 Å². The number of nitrogens with two attached hydrogens (primary N) is 1. The van der Waals surface area contributed by atoms with Gasteiger partial charge in [-0.25, -0.2) is 13.6 Å². The van der Waals surface area contributed by atoms with Gasteiger partial charge in [0.25, 0.3) is 0 Å². The first kappa shape index (κ1) is 27.1. The van der Waals surface area contributed by atoms with Crippen molar-refractivity contribution in [1.29, 1.82) is 0 Å². The number of esters is 1. The third-order valence-electron chi connectivity index (χ3n) is 6.07. The molecule has 0 aromatic heterocycles. The van der Waals surface area contributed by atoms with Crippen LogP contribution in [0.4, 0.5) is 25.0 Å². The summed E-state index contributed by atoms with van der Waals surface area (Å²) in [6.45, 7) is 1.87. The lowest BCUT2D eigenvalue weighted by Crippen LogP contribution is -2.50. The molecule has 1 aromatic carbocycles. The Morgan fingerprint density at radius 1 is 1.19 bits per heavy atom. The molecule has 2 heterocycles. The summed E-state index contributed by atoms with van der Waals surface area (Å²) >= 11 is 0. The highest BCUT2D eigenvalue weighted by Crippen LogP contribution is 2.35. The van der Waals surface area contributed by atoms with Crippen LogP contribution < -0.4 is 20.9 Å². The zero-order valence-electron chi connectivity index (χ0n) is 20.2. The SMILES string of the molecule is COCC1(OC(=O)CCC(N)=O)CCN(c2c(F)cc(N3CC(CNC(C)=O)OC3=O)cc2F)CC1. The minimum absolute atomic E-state index is 0.00167. The number of nitrogens with one attached hydrogen (secondary N) is 1. The fourth-order valence-corrected chi connectivity index (χ4v) is 4.30. The lowest BCUT2D eigenvalue weighted by Gasteiger charge is -2.41. The Morgan fingerprint density at radius 3 is 2.39 bits per heavy atom. The van der Waals surface area contributed by atoms with Gasteiger partial charge < -0.3 is 30.2 Å². The Kier molecular flexibility index (Phi) is 8.66. The van der Waals surface area contributed by atoms with Gasteiger partial charge in [0.1, 0.15) is 17.4 Å². The lowest BCUT2D eigenvalue weighted by atomic mass is 9.91. The van der Waals surface area contributed by atoms with Crippen molar-refractivity contribution in [2.45, 2.75) is 44.3 Å². The van der Waals surface area contributed by atoms with Crippen LogP contribution in [-0.2, 0) is 28.6 Å². The molecule has 2 aliphatic rings. The van der Waals surface area contributed by atoms with Gasteiger partial charge in [0, 0.05) is 58.5 Å². The van der Waals surface area contributed by atoms with Crippen molar-refractivity contribution in [3.05, 3.63) is 23.8 Å². The molecule has 0 saturated carbocycles. The number of nitrogens with zero attached hydrogens (tertiary/aromatic N) is 2. The number of primary amides is 1. The topological polar surface area (TPSA) is 140 Å². The van der Waals surface area contributed by atoms with Crippen LogP contribution in [0.5, 0.6) is 0 Å². The first-order chi connectivity index (χ1) is 17.0. The number of amides is 3. The molecule has 1 unspecified atom stereocenters. The van der Waals surface area contributed by atoms with Gasteiger partial charge in [0.15, 0.2) is 11.6 Å². The number of hydrogen-bond acceptors (Lipinski definition) is 8. The van der Waals surface area contributed by atoms with Crippen LogP contribution in [0.3, 0.4) is 0 Å². The fraction of sp³-hybridized carbons (Fsp3) is 0.565. The number of cyclic esters (lactones) is 1. The number of ether oxygens (including phenoxy) is 3. The first-order valence-electron chi connectivity index (χ1n) is 11.5. The lowest BCUT2D eigenvalue weighted by molar-refractivity contribution is -0.169. The van der Waals surface area contributed by atoms with Gasteiger partial charge in [-0.15, -0.1) is 0 Å². The second-order valence-electron chi connectivity index (χ2n) is 8.85. The van der Waals surface area contributed by atoms with Gasteiger partial charge in [-0.2, -0.15) is 0 Å². The third-order valence-corrected chi connectivity index (χ3v) is 6.07. The highest BCUT2D eigenvalue weighted by Gasteiger charge is 2.40. The molecular weight excluding hydrogens is 482 g/mol. The fourth-order valence-electron chi connectivity index (χ4n) is 4.30. The summed E-state index contributed by atoms with van der Waals surface area (Å²) in [7, 11) is 1.45. The normalized spacial score (nSPS) is 19.1. The van der Waals surface area contributed by atoms with E-state index in [4.69, 9.17) is 19.9 Å². The van der Waals surface area contributed by atoms with E-state index in [1.807, 2.05) is 0 Å². The zero-order chi connectivity index (χ0) is 26.5. The smallest absolute Gasteiger partial charge is 0.414 e. The average Bonchev–Trinajstić information content (AvgIpc) is 3.18. The summed E-state index contributed by atoms with van der Waals surface area (Å²) in [5.74, 6) is -3.23. The monoisotopic (exact) mass is 512 g/mol. The largest absolute Gasteiger partial charge is 0.456 e. The number of halogens is 2. The molecule has 0 aliphatic carbocycles. The van der Waals surface area contributed by atoms with Crippen molar-refractivity contribution in [3.63, 3.8) is 0 Å². The van der Waals surface area contributed by atoms with Crippen LogP contribution in [0, 0.1) is 11.6 Å². The van der Waals surface area contributed by atoms with Gasteiger partial charge in [0.2, 0.25) is 11.8 Å². The molecular formula is C23H30F2N4O7. The quantitative estimate of drug-likeness (QED) is 0.446. The molecule has 198 valence electrons. The molecule has 3 N–H and O–H groups in total. The molecule has 0 spiro atoms.